The molecule has 1 unspecified atom stereocenters. The van der Waals surface area contributed by atoms with Crippen molar-refractivity contribution in [1.29, 1.82) is 0 Å². The number of Topliss-reactive ketones (excluding diaryl/α,β-unsaturated/α-hetero) is 1. The van der Waals surface area contributed by atoms with Gasteiger partial charge in [0.25, 0.3) is 0 Å². The highest BCUT2D eigenvalue weighted by atomic mass is 16.4. The van der Waals surface area contributed by atoms with Crippen molar-refractivity contribution in [2.24, 2.45) is 5.92 Å². The number of aliphatic carboxylic acids is 1. The van der Waals surface area contributed by atoms with E-state index in [2.05, 4.69) is 21.1 Å². The largest absolute Gasteiger partial charge is 0.481 e. The van der Waals surface area contributed by atoms with E-state index in [-0.39, 0.29) is 12.4 Å². The normalized spacial score (nSPS) is 12.4. The number of ketones is 1. The lowest BCUT2D eigenvalue weighted by atomic mass is 10.1. The van der Waals surface area contributed by atoms with E-state index in [1.165, 1.54) is 13.8 Å². The maximum atomic E-state index is 10.2. The first-order valence-electron chi connectivity index (χ1n) is 4.76. The molecule has 0 aromatic carbocycles. The van der Waals surface area contributed by atoms with Crippen LogP contribution < -0.4 is 0 Å². The molecule has 0 spiro atoms. The standard InChI is InChI=1S/C5H14NO.C5H8O3/c1-6(2,3)4-5-7;1-3(4(2)6)5(7)8/h7H,4-5H2,1-3H3;3H,1-2H3,(H,7,8)/q+1;. The molecular weight excluding hydrogens is 198 g/mol. The van der Waals surface area contributed by atoms with Gasteiger partial charge in [-0.15, -0.1) is 0 Å². The van der Waals surface area contributed by atoms with Crippen LogP contribution >= 0.6 is 0 Å². The average molecular weight is 220 g/mol. The summed E-state index contributed by atoms with van der Waals surface area (Å²) in [7, 11) is 6.16. The lowest BCUT2D eigenvalue weighted by molar-refractivity contribution is -0.870. The summed E-state index contributed by atoms with van der Waals surface area (Å²) in [5, 5.41) is 16.5. The lowest BCUT2D eigenvalue weighted by Gasteiger charge is -2.21. The number of carbonyl (C=O) groups is 2. The Balaban J connectivity index is 0. The summed E-state index contributed by atoms with van der Waals surface area (Å²) in [6.45, 7) is 3.74. The summed E-state index contributed by atoms with van der Waals surface area (Å²) in [6, 6.07) is 0. The molecule has 0 aliphatic heterocycles. The molecule has 0 saturated heterocycles. The molecule has 5 nitrogen and oxygen atoms in total. The van der Waals surface area contributed by atoms with Crippen LogP contribution in [0, 0.1) is 5.92 Å². The number of rotatable bonds is 4. The lowest BCUT2D eigenvalue weighted by Crippen LogP contribution is -2.36. The number of carbonyl (C=O) groups excluding carboxylic acids is 1. The zero-order valence-electron chi connectivity index (χ0n) is 10.1. The van der Waals surface area contributed by atoms with Crippen LogP contribution in [0.5, 0.6) is 0 Å². The summed E-state index contributed by atoms with van der Waals surface area (Å²) in [6.07, 6.45) is 0. The van der Waals surface area contributed by atoms with Crippen molar-refractivity contribution in [2.75, 3.05) is 34.3 Å². The SMILES string of the molecule is CC(=O)C(C)C(=O)O.C[N+](C)(C)CCO. The predicted octanol–water partition coefficient (Wildman–Crippen LogP) is -0.0190. The first-order valence-corrected chi connectivity index (χ1v) is 4.76. The first kappa shape index (κ1) is 16.5. The number of hydrogen-bond donors (Lipinski definition) is 2. The number of carboxylic acids is 1. The molecule has 0 fully saturated rings. The molecule has 15 heavy (non-hydrogen) atoms. The van der Waals surface area contributed by atoms with E-state index in [1.54, 1.807) is 0 Å². The van der Waals surface area contributed by atoms with Gasteiger partial charge in [0, 0.05) is 0 Å². The van der Waals surface area contributed by atoms with Crippen LogP contribution in [0.15, 0.2) is 0 Å². The van der Waals surface area contributed by atoms with E-state index in [1.807, 2.05) is 0 Å². The van der Waals surface area contributed by atoms with Crippen molar-refractivity contribution >= 4 is 11.8 Å². The second kappa shape index (κ2) is 7.36. The van der Waals surface area contributed by atoms with Gasteiger partial charge < -0.3 is 14.7 Å². The topological polar surface area (TPSA) is 74.6 Å². The molecule has 0 aliphatic rings. The zero-order valence-corrected chi connectivity index (χ0v) is 10.1. The highest BCUT2D eigenvalue weighted by molar-refractivity contribution is 5.96. The molecule has 0 bridgehead atoms. The van der Waals surface area contributed by atoms with Gasteiger partial charge in [0.05, 0.1) is 27.7 Å². The number of likely N-dealkylation sites (N-methyl/N-ethyl adjacent to an activating group) is 1. The third kappa shape index (κ3) is 13.1. The number of aliphatic hydroxyl groups excluding tert-OH is 1. The molecule has 0 amide bonds. The van der Waals surface area contributed by atoms with Crippen molar-refractivity contribution in [2.45, 2.75) is 13.8 Å². The van der Waals surface area contributed by atoms with E-state index in [9.17, 15) is 9.59 Å². The van der Waals surface area contributed by atoms with Gasteiger partial charge in [-0.3, -0.25) is 9.59 Å². The van der Waals surface area contributed by atoms with Crippen LogP contribution in [0.25, 0.3) is 0 Å². The molecule has 2 N–H and O–H groups in total. The Kier molecular flexibility index (Phi) is 8.10. The van der Waals surface area contributed by atoms with Gasteiger partial charge in [-0.25, -0.2) is 0 Å². The molecule has 0 aromatic rings. The molecule has 0 aliphatic carbocycles. The Morgan fingerprint density at radius 1 is 1.27 bits per heavy atom. The first-order chi connectivity index (χ1) is 6.61. The highest BCUT2D eigenvalue weighted by Crippen LogP contribution is 1.93. The van der Waals surface area contributed by atoms with E-state index in [0.29, 0.717) is 0 Å². The minimum Gasteiger partial charge on any atom is -0.481 e. The van der Waals surface area contributed by atoms with E-state index in [0.717, 1.165) is 11.0 Å². The zero-order chi connectivity index (χ0) is 12.6. The van der Waals surface area contributed by atoms with Gasteiger partial charge in [0.1, 0.15) is 18.2 Å². The number of carboxylic acid groups (broad SMARTS) is 1. The molecule has 0 aromatic heterocycles. The summed E-state index contributed by atoms with van der Waals surface area (Å²) >= 11 is 0. The van der Waals surface area contributed by atoms with Gasteiger partial charge in [0.2, 0.25) is 0 Å². The van der Waals surface area contributed by atoms with Crippen molar-refractivity contribution in [3.8, 4) is 0 Å². The van der Waals surface area contributed by atoms with Gasteiger partial charge in [-0.2, -0.15) is 0 Å². The quantitative estimate of drug-likeness (QED) is 0.516. The monoisotopic (exact) mass is 220 g/mol. The predicted molar refractivity (Wildman–Crippen MR) is 57.5 cm³/mol. The van der Waals surface area contributed by atoms with Gasteiger partial charge in [0.15, 0.2) is 0 Å². The third-order valence-corrected chi connectivity index (χ3v) is 1.75. The molecular formula is C10H22NO4+. The number of hydrogen-bond acceptors (Lipinski definition) is 3. The van der Waals surface area contributed by atoms with Crippen molar-refractivity contribution in [3.63, 3.8) is 0 Å². The summed E-state index contributed by atoms with van der Waals surface area (Å²) in [5.74, 6) is -2.22. The Bertz CT molecular complexity index is 194. The summed E-state index contributed by atoms with van der Waals surface area (Å²) in [4.78, 5) is 20.1. The second-order valence-corrected chi connectivity index (χ2v) is 4.41. The van der Waals surface area contributed by atoms with Crippen LogP contribution in [0.1, 0.15) is 13.8 Å². The highest BCUT2D eigenvalue weighted by Gasteiger charge is 2.14. The fraction of sp³-hybridized carbons (Fsp3) is 0.800. The molecule has 90 valence electrons. The molecule has 1 atom stereocenters. The minimum absolute atomic E-state index is 0.281. The van der Waals surface area contributed by atoms with Crippen LogP contribution in [-0.2, 0) is 9.59 Å². The van der Waals surface area contributed by atoms with Crippen LogP contribution in [0.3, 0.4) is 0 Å². The Hall–Kier alpha value is -0.940. The number of nitrogens with zero attached hydrogens (tertiary/aromatic N) is 1. The average Bonchev–Trinajstić information content (AvgIpc) is 2.01. The maximum Gasteiger partial charge on any atom is 0.313 e. The molecule has 0 heterocycles. The van der Waals surface area contributed by atoms with Crippen LogP contribution in [0.4, 0.5) is 0 Å². The Labute approximate surface area is 90.9 Å². The van der Waals surface area contributed by atoms with E-state index in [4.69, 9.17) is 10.2 Å². The van der Waals surface area contributed by atoms with Gasteiger partial charge in [-0.05, 0) is 13.8 Å². The number of aliphatic hydroxyl groups is 1. The van der Waals surface area contributed by atoms with E-state index < -0.39 is 11.9 Å². The minimum atomic E-state index is -1.06. The number of quaternary nitrogens is 1. The Morgan fingerprint density at radius 3 is 1.67 bits per heavy atom. The van der Waals surface area contributed by atoms with Crippen molar-refractivity contribution < 1.29 is 24.3 Å². The summed E-state index contributed by atoms with van der Waals surface area (Å²) in [5.41, 5.74) is 0. The maximum absolute atomic E-state index is 10.2. The smallest absolute Gasteiger partial charge is 0.313 e. The fourth-order valence-electron chi connectivity index (χ4n) is 0.474. The Morgan fingerprint density at radius 2 is 1.67 bits per heavy atom. The molecule has 0 rings (SSSR count). The van der Waals surface area contributed by atoms with Crippen LogP contribution in [-0.4, -0.2) is 60.7 Å². The van der Waals surface area contributed by atoms with Crippen molar-refractivity contribution in [3.05, 3.63) is 0 Å². The molecule has 5 heteroatoms. The van der Waals surface area contributed by atoms with Crippen LogP contribution in [0.2, 0.25) is 0 Å². The summed E-state index contributed by atoms with van der Waals surface area (Å²) < 4.78 is 0.844. The van der Waals surface area contributed by atoms with Gasteiger partial charge >= 0.3 is 5.97 Å². The molecule has 0 saturated carbocycles. The van der Waals surface area contributed by atoms with E-state index >= 15 is 0 Å². The van der Waals surface area contributed by atoms with Gasteiger partial charge in [-0.1, -0.05) is 0 Å². The third-order valence-electron chi connectivity index (χ3n) is 1.75. The molecule has 0 radical (unpaired) electrons. The van der Waals surface area contributed by atoms with Crippen molar-refractivity contribution in [1.82, 2.24) is 0 Å². The fourth-order valence-corrected chi connectivity index (χ4v) is 0.474. The second-order valence-electron chi connectivity index (χ2n) is 4.41.